The van der Waals surface area contributed by atoms with E-state index in [0.29, 0.717) is 12.6 Å². The second-order valence-corrected chi connectivity index (χ2v) is 7.82. The van der Waals surface area contributed by atoms with E-state index >= 15 is 0 Å². The van der Waals surface area contributed by atoms with Gasteiger partial charge in [-0.25, -0.2) is 4.68 Å². The first-order valence-electron chi connectivity index (χ1n) is 10.5. The molecule has 1 aromatic heterocycles. The number of hydrogen-bond acceptors (Lipinski definition) is 3. The van der Waals surface area contributed by atoms with Crippen molar-refractivity contribution in [2.75, 3.05) is 20.1 Å². The third-order valence-electron chi connectivity index (χ3n) is 5.94. The number of nitrogens with one attached hydrogen (secondary N) is 2. The Labute approximate surface area is 195 Å². The number of carbonyl (C=O) groups is 1. The molecule has 1 saturated heterocycles. The summed E-state index contributed by atoms with van der Waals surface area (Å²) in [5.41, 5.74) is 4.95. The van der Waals surface area contributed by atoms with E-state index in [1.807, 2.05) is 11.0 Å². The molecular weight excluding hydrogens is 491 g/mol. The van der Waals surface area contributed by atoms with Crippen molar-refractivity contribution >= 4 is 35.8 Å². The number of carbonyl (C=O) groups excluding carboxylic acids is 1. The molecule has 1 fully saturated rings. The molecule has 1 aliphatic carbocycles. The molecule has 2 aromatic rings. The Kier molecular flexibility index (Phi) is 7.74. The molecule has 8 heteroatoms. The molecule has 2 N–H and O–H groups in total. The van der Waals surface area contributed by atoms with E-state index in [1.54, 1.807) is 14.0 Å². The number of hydrogen-bond donors (Lipinski definition) is 2. The van der Waals surface area contributed by atoms with Gasteiger partial charge in [0.05, 0.1) is 17.9 Å². The summed E-state index contributed by atoms with van der Waals surface area (Å²) < 4.78 is 2.10. The fourth-order valence-electron chi connectivity index (χ4n) is 4.33. The highest BCUT2D eigenvalue weighted by molar-refractivity contribution is 14.0. The lowest BCUT2D eigenvalue weighted by molar-refractivity contribution is -0.129. The van der Waals surface area contributed by atoms with Crippen molar-refractivity contribution < 1.29 is 4.79 Å². The summed E-state index contributed by atoms with van der Waals surface area (Å²) >= 11 is 0. The number of fused-ring (bicyclic) bond motifs is 1. The molecule has 0 spiro atoms. The molecule has 1 aromatic carbocycles. The van der Waals surface area contributed by atoms with Crippen molar-refractivity contribution in [3.63, 3.8) is 0 Å². The fraction of sp³-hybridized carbons (Fsp3) is 0.500. The van der Waals surface area contributed by atoms with Crippen molar-refractivity contribution in [3.8, 4) is 5.69 Å². The van der Waals surface area contributed by atoms with E-state index in [0.717, 1.165) is 56.1 Å². The second kappa shape index (κ2) is 10.3. The summed E-state index contributed by atoms with van der Waals surface area (Å²) in [5, 5.41) is 11.9. The standard InChI is InChI=1S/C22H30N6O.HI/c1-16(29)27-13-11-17(12-14-27)25-22(23-2)24-15-20-19-9-6-10-21(19)28(26-20)18-7-4-3-5-8-18;/h3-5,7-8,17H,6,9-15H2,1-2H3,(H2,23,24,25);1H. The van der Waals surface area contributed by atoms with Crippen LogP contribution in [0.15, 0.2) is 35.3 Å². The molecule has 2 aliphatic rings. The number of guanidine groups is 1. The predicted molar refractivity (Wildman–Crippen MR) is 130 cm³/mol. The van der Waals surface area contributed by atoms with Crippen molar-refractivity contribution in [2.45, 2.75) is 51.6 Å². The van der Waals surface area contributed by atoms with E-state index in [-0.39, 0.29) is 29.9 Å². The molecular formula is C22H31IN6O. The SMILES string of the molecule is CN=C(NCc1nn(-c2ccccc2)c2c1CCC2)NC1CCN(C(C)=O)CC1.I. The minimum Gasteiger partial charge on any atom is -0.354 e. The molecule has 0 bridgehead atoms. The maximum Gasteiger partial charge on any atom is 0.219 e. The van der Waals surface area contributed by atoms with Gasteiger partial charge in [-0.3, -0.25) is 9.79 Å². The van der Waals surface area contributed by atoms with Crippen molar-refractivity contribution in [1.29, 1.82) is 0 Å². The molecule has 1 aliphatic heterocycles. The number of para-hydroxylation sites is 1. The molecule has 30 heavy (non-hydrogen) atoms. The number of halogens is 1. The van der Waals surface area contributed by atoms with Crippen LogP contribution in [0.2, 0.25) is 0 Å². The zero-order chi connectivity index (χ0) is 20.2. The molecule has 1 amide bonds. The topological polar surface area (TPSA) is 74.6 Å². The van der Waals surface area contributed by atoms with Crippen LogP contribution in [0.25, 0.3) is 5.69 Å². The van der Waals surface area contributed by atoms with Gasteiger partial charge in [0.15, 0.2) is 5.96 Å². The van der Waals surface area contributed by atoms with Crippen LogP contribution in [0, 0.1) is 0 Å². The number of rotatable bonds is 4. The largest absolute Gasteiger partial charge is 0.354 e. The summed E-state index contributed by atoms with van der Waals surface area (Å²) in [6.45, 7) is 3.91. The van der Waals surface area contributed by atoms with Crippen molar-refractivity contribution in [1.82, 2.24) is 25.3 Å². The van der Waals surface area contributed by atoms with Gasteiger partial charge in [0, 0.05) is 38.8 Å². The Balaban J connectivity index is 0.00000256. The number of aliphatic imine (C=N–C) groups is 1. The highest BCUT2D eigenvalue weighted by Crippen LogP contribution is 2.27. The molecule has 162 valence electrons. The van der Waals surface area contributed by atoms with Gasteiger partial charge in [-0.05, 0) is 49.8 Å². The number of aromatic nitrogens is 2. The van der Waals surface area contributed by atoms with Crippen LogP contribution in [-0.4, -0.2) is 52.7 Å². The van der Waals surface area contributed by atoms with Gasteiger partial charge in [0.2, 0.25) is 5.91 Å². The molecule has 0 unspecified atom stereocenters. The van der Waals surface area contributed by atoms with Gasteiger partial charge in [-0.2, -0.15) is 5.10 Å². The van der Waals surface area contributed by atoms with E-state index in [9.17, 15) is 4.79 Å². The number of amides is 1. The number of benzene rings is 1. The van der Waals surface area contributed by atoms with Crippen LogP contribution in [0.5, 0.6) is 0 Å². The first-order chi connectivity index (χ1) is 14.2. The van der Waals surface area contributed by atoms with Crippen LogP contribution in [0.3, 0.4) is 0 Å². The lowest BCUT2D eigenvalue weighted by Gasteiger charge is -2.32. The lowest BCUT2D eigenvalue weighted by atomic mass is 10.1. The Morgan fingerprint density at radius 1 is 1.20 bits per heavy atom. The summed E-state index contributed by atoms with van der Waals surface area (Å²) in [5.74, 6) is 0.959. The first-order valence-corrected chi connectivity index (χ1v) is 10.5. The van der Waals surface area contributed by atoms with Crippen LogP contribution in [0.4, 0.5) is 0 Å². The molecule has 4 rings (SSSR count). The van der Waals surface area contributed by atoms with Gasteiger partial charge in [-0.1, -0.05) is 18.2 Å². The van der Waals surface area contributed by atoms with E-state index in [1.165, 1.54) is 17.7 Å². The fourth-order valence-corrected chi connectivity index (χ4v) is 4.33. The summed E-state index contributed by atoms with van der Waals surface area (Å²) in [4.78, 5) is 17.8. The van der Waals surface area contributed by atoms with Crippen molar-refractivity contribution in [2.24, 2.45) is 4.99 Å². The van der Waals surface area contributed by atoms with Gasteiger partial charge in [0.25, 0.3) is 0 Å². The van der Waals surface area contributed by atoms with E-state index in [2.05, 4.69) is 44.6 Å². The second-order valence-electron chi connectivity index (χ2n) is 7.82. The van der Waals surface area contributed by atoms with Crippen LogP contribution < -0.4 is 10.6 Å². The molecule has 0 saturated carbocycles. The van der Waals surface area contributed by atoms with Gasteiger partial charge in [-0.15, -0.1) is 24.0 Å². The zero-order valence-corrected chi connectivity index (χ0v) is 20.1. The zero-order valence-electron chi connectivity index (χ0n) is 17.7. The number of piperidine rings is 1. The smallest absolute Gasteiger partial charge is 0.219 e. The monoisotopic (exact) mass is 522 g/mol. The van der Waals surface area contributed by atoms with E-state index < -0.39 is 0 Å². The van der Waals surface area contributed by atoms with Crippen molar-refractivity contribution in [3.05, 3.63) is 47.3 Å². The molecule has 0 atom stereocenters. The minimum absolute atomic E-state index is 0. The Morgan fingerprint density at radius 3 is 2.60 bits per heavy atom. The molecule has 2 heterocycles. The summed E-state index contributed by atoms with van der Waals surface area (Å²) in [6.07, 6.45) is 5.25. The quantitative estimate of drug-likeness (QED) is 0.368. The highest BCUT2D eigenvalue weighted by Gasteiger charge is 2.24. The van der Waals surface area contributed by atoms with Gasteiger partial charge in [0.1, 0.15) is 0 Å². The first kappa shape index (κ1) is 22.6. The Hall–Kier alpha value is -2.10. The van der Waals surface area contributed by atoms with Gasteiger partial charge >= 0.3 is 0 Å². The predicted octanol–water partition coefficient (Wildman–Crippen LogP) is 2.65. The lowest BCUT2D eigenvalue weighted by Crippen LogP contribution is -2.49. The summed E-state index contributed by atoms with van der Waals surface area (Å²) in [7, 11) is 1.80. The molecule has 7 nitrogen and oxygen atoms in total. The summed E-state index contributed by atoms with van der Waals surface area (Å²) in [6, 6.07) is 10.7. The number of likely N-dealkylation sites (tertiary alicyclic amines) is 1. The molecule has 0 radical (unpaired) electrons. The van der Waals surface area contributed by atoms with Crippen LogP contribution in [0.1, 0.15) is 43.1 Å². The minimum atomic E-state index is 0. The highest BCUT2D eigenvalue weighted by atomic mass is 127. The maximum absolute atomic E-state index is 11.5. The Morgan fingerprint density at radius 2 is 1.93 bits per heavy atom. The van der Waals surface area contributed by atoms with Crippen LogP contribution >= 0.6 is 24.0 Å². The third-order valence-corrected chi connectivity index (χ3v) is 5.94. The normalized spacial score (nSPS) is 16.7. The maximum atomic E-state index is 11.5. The third kappa shape index (κ3) is 4.96. The average Bonchev–Trinajstić information content (AvgIpc) is 3.35. The average molecular weight is 522 g/mol. The number of nitrogens with zero attached hydrogens (tertiary/aromatic N) is 4. The van der Waals surface area contributed by atoms with Gasteiger partial charge < -0.3 is 15.5 Å². The van der Waals surface area contributed by atoms with Crippen LogP contribution in [-0.2, 0) is 24.2 Å². The van der Waals surface area contributed by atoms with E-state index in [4.69, 9.17) is 5.10 Å². The Bertz CT molecular complexity index is 887.